The van der Waals surface area contributed by atoms with Gasteiger partial charge < -0.3 is 15.8 Å². The predicted molar refractivity (Wildman–Crippen MR) is 74.4 cm³/mol. The second kappa shape index (κ2) is 6.33. The van der Waals surface area contributed by atoms with E-state index in [-0.39, 0.29) is 17.0 Å². The van der Waals surface area contributed by atoms with E-state index in [0.29, 0.717) is 6.54 Å². The summed E-state index contributed by atoms with van der Waals surface area (Å²) < 4.78 is 5.09. The maximum atomic E-state index is 10.9. The van der Waals surface area contributed by atoms with Crippen LogP contribution in [0.4, 0.5) is 5.69 Å². The minimum absolute atomic E-state index is 0.0435. The quantitative estimate of drug-likeness (QED) is 0.604. The van der Waals surface area contributed by atoms with Crippen molar-refractivity contribution in [3.05, 3.63) is 33.9 Å². The van der Waals surface area contributed by atoms with Gasteiger partial charge in [0.05, 0.1) is 4.92 Å². The van der Waals surface area contributed by atoms with Crippen LogP contribution >= 0.6 is 0 Å². The smallest absolute Gasteiger partial charge is 0.310 e. The van der Waals surface area contributed by atoms with E-state index in [1.807, 2.05) is 20.8 Å². The number of nitrogens with two attached hydrogens (primary N) is 1. The SMILES string of the molecule is CC(C)(C)NCc1ccc([N+](=O)[O-])c(OCC(N)=O)c1. The second-order valence-corrected chi connectivity index (χ2v) is 5.42. The van der Waals surface area contributed by atoms with Crippen LogP contribution in [0, 0.1) is 10.1 Å². The van der Waals surface area contributed by atoms with Crippen LogP contribution in [0.25, 0.3) is 0 Å². The summed E-state index contributed by atoms with van der Waals surface area (Å²) in [6.45, 7) is 6.19. The van der Waals surface area contributed by atoms with Crippen molar-refractivity contribution in [2.75, 3.05) is 6.61 Å². The summed E-state index contributed by atoms with van der Waals surface area (Å²) in [6.07, 6.45) is 0. The predicted octanol–water partition coefficient (Wildman–Crippen LogP) is 1.35. The zero-order chi connectivity index (χ0) is 15.3. The average molecular weight is 281 g/mol. The monoisotopic (exact) mass is 281 g/mol. The highest BCUT2D eigenvalue weighted by molar-refractivity contribution is 5.75. The molecular weight excluding hydrogens is 262 g/mol. The number of benzene rings is 1. The zero-order valence-corrected chi connectivity index (χ0v) is 11.8. The molecule has 7 nitrogen and oxygen atoms in total. The van der Waals surface area contributed by atoms with Crippen molar-refractivity contribution in [3.63, 3.8) is 0 Å². The fourth-order valence-electron chi connectivity index (χ4n) is 1.45. The van der Waals surface area contributed by atoms with Crippen molar-refractivity contribution in [1.82, 2.24) is 5.32 Å². The minimum Gasteiger partial charge on any atom is -0.477 e. The standard InChI is InChI=1S/C13H19N3O4/c1-13(2,3)15-7-9-4-5-10(16(18)19)11(6-9)20-8-12(14)17/h4-6,15H,7-8H2,1-3H3,(H2,14,17). The van der Waals surface area contributed by atoms with Crippen LogP contribution in [0.2, 0.25) is 0 Å². The van der Waals surface area contributed by atoms with Crippen molar-refractivity contribution in [2.45, 2.75) is 32.9 Å². The van der Waals surface area contributed by atoms with Crippen LogP contribution in [-0.2, 0) is 11.3 Å². The maximum Gasteiger partial charge on any atom is 0.310 e. The van der Waals surface area contributed by atoms with Gasteiger partial charge in [-0.3, -0.25) is 14.9 Å². The van der Waals surface area contributed by atoms with Gasteiger partial charge >= 0.3 is 5.69 Å². The Hall–Kier alpha value is -2.15. The molecule has 7 heteroatoms. The van der Waals surface area contributed by atoms with E-state index in [4.69, 9.17) is 10.5 Å². The molecule has 0 aromatic heterocycles. The van der Waals surface area contributed by atoms with Gasteiger partial charge in [-0.15, -0.1) is 0 Å². The lowest BCUT2D eigenvalue weighted by Gasteiger charge is -2.20. The van der Waals surface area contributed by atoms with Crippen LogP contribution in [0.15, 0.2) is 18.2 Å². The van der Waals surface area contributed by atoms with Crippen LogP contribution in [0.1, 0.15) is 26.3 Å². The highest BCUT2D eigenvalue weighted by atomic mass is 16.6. The van der Waals surface area contributed by atoms with Crippen molar-refractivity contribution in [1.29, 1.82) is 0 Å². The molecule has 1 rings (SSSR count). The van der Waals surface area contributed by atoms with E-state index < -0.39 is 17.4 Å². The van der Waals surface area contributed by atoms with Gasteiger partial charge in [0.1, 0.15) is 0 Å². The third-order valence-electron chi connectivity index (χ3n) is 2.41. The first-order valence-corrected chi connectivity index (χ1v) is 6.12. The molecule has 0 bridgehead atoms. The fourth-order valence-corrected chi connectivity index (χ4v) is 1.45. The number of primary amides is 1. The number of nitro groups is 1. The second-order valence-electron chi connectivity index (χ2n) is 5.42. The van der Waals surface area contributed by atoms with E-state index in [1.54, 1.807) is 12.1 Å². The van der Waals surface area contributed by atoms with E-state index in [0.717, 1.165) is 5.56 Å². The topological polar surface area (TPSA) is 107 Å². The molecule has 1 aromatic carbocycles. The molecule has 0 fully saturated rings. The molecule has 0 unspecified atom stereocenters. The fraction of sp³-hybridized carbons (Fsp3) is 0.462. The summed E-state index contributed by atoms with van der Waals surface area (Å²) >= 11 is 0. The lowest BCUT2D eigenvalue weighted by molar-refractivity contribution is -0.385. The van der Waals surface area contributed by atoms with Crippen LogP contribution < -0.4 is 15.8 Å². The number of amides is 1. The first kappa shape index (κ1) is 15.9. The number of nitrogens with zero attached hydrogens (tertiary/aromatic N) is 1. The van der Waals surface area contributed by atoms with Crippen molar-refractivity contribution in [2.24, 2.45) is 5.73 Å². The number of rotatable bonds is 6. The zero-order valence-electron chi connectivity index (χ0n) is 11.8. The molecule has 1 aromatic rings. The van der Waals surface area contributed by atoms with Gasteiger partial charge in [-0.05, 0) is 32.4 Å². The highest BCUT2D eigenvalue weighted by Crippen LogP contribution is 2.28. The average Bonchev–Trinajstić information content (AvgIpc) is 2.32. The Labute approximate surface area is 117 Å². The molecule has 3 N–H and O–H groups in total. The molecule has 0 aliphatic carbocycles. The van der Waals surface area contributed by atoms with E-state index >= 15 is 0 Å². The summed E-state index contributed by atoms with van der Waals surface area (Å²) in [6, 6.07) is 4.55. The van der Waals surface area contributed by atoms with Crippen molar-refractivity contribution < 1.29 is 14.5 Å². The number of carbonyl (C=O) groups is 1. The molecule has 0 radical (unpaired) electrons. The molecule has 0 saturated heterocycles. The van der Waals surface area contributed by atoms with Gasteiger partial charge in [0, 0.05) is 18.2 Å². The number of nitrogens with one attached hydrogen (secondary N) is 1. The number of ether oxygens (including phenoxy) is 1. The third kappa shape index (κ3) is 5.23. The molecule has 110 valence electrons. The number of hydrogen-bond donors (Lipinski definition) is 2. The molecular formula is C13H19N3O4. The van der Waals surface area contributed by atoms with Crippen molar-refractivity contribution in [3.8, 4) is 5.75 Å². The summed E-state index contributed by atoms with van der Waals surface area (Å²) in [7, 11) is 0. The number of carbonyl (C=O) groups excluding carboxylic acids is 1. The van der Waals surface area contributed by atoms with E-state index in [9.17, 15) is 14.9 Å². The molecule has 0 heterocycles. The van der Waals surface area contributed by atoms with Crippen molar-refractivity contribution >= 4 is 11.6 Å². The first-order chi connectivity index (χ1) is 9.19. The van der Waals surface area contributed by atoms with Gasteiger partial charge in [0.2, 0.25) is 0 Å². The third-order valence-corrected chi connectivity index (χ3v) is 2.41. The summed E-state index contributed by atoms with van der Waals surface area (Å²) in [5.41, 5.74) is 5.54. The van der Waals surface area contributed by atoms with Gasteiger partial charge in [-0.25, -0.2) is 0 Å². The Morgan fingerprint density at radius 1 is 1.45 bits per heavy atom. The molecule has 0 saturated carbocycles. The van der Waals surface area contributed by atoms with E-state index in [2.05, 4.69) is 5.32 Å². The normalized spacial score (nSPS) is 11.2. The Balaban J connectivity index is 2.92. The lowest BCUT2D eigenvalue weighted by Crippen LogP contribution is -2.35. The van der Waals surface area contributed by atoms with E-state index in [1.165, 1.54) is 6.07 Å². The molecule has 0 aliphatic rings. The number of hydrogen-bond acceptors (Lipinski definition) is 5. The Kier molecular flexibility index (Phi) is 5.04. The van der Waals surface area contributed by atoms with Crippen LogP contribution in [0.3, 0.4) is 0 Å². The van der Waals surface area contributed by atoms with Gasteiger partial charge in [-0.1, -0.05) is 6.07 Å². The summed E-state index contributed by atoms with van der Waals surface area (Å²) in [5.74, 6) is -0.639. The minimum atomic E-state index is -0.683. The molecule has 0 spiro atoms. The summed E-state index contributed by atoms with van der Waals surface area (Å²) in [4.78, 5) is 21.0. The Bertz CT molecular complexity index is 509. The first-order valence-electron chi connectivity index (χ1n) is 6.12. The van der Waals surface area contributed by atoms with Crippen LogP contribution in [-0.4, -0.2) is 23.0 Å². The summed E-state index contributed by atoms with van der Waals surface area (Å²) in [5, 5.41) is 14.2. The van der Waals surface area contributed by atoms with Gasteiger partial charge in [0.25, 0.3) is 5.91 Å². The molecule has 0 atom stereocenters. The lowest BCUT2D eigenvalue weighted by atomic mass is 10.1. The Morgan fingerprint density at radius 2 is 2.10 bits per heavy atom. The van der Waals surface area contributed by atoms with Crippen LogP contribution in [0.5, 0.6) is 5.75 Å². The Morgan fingerprint density at radius 3 is 2.60 bits per heavy atom. The van der Waals surface area contributed by atoms with Gasteiger partial charge in [-0.2, -0.15) is 0 Å². The maximum absolute atomic E-state index is 10.9. The largest absolute Gasteiger partial charge is 0.477 e. The molecule has 0 aliphatic heterocycles. The highest BCUT2D eigenvalue weighted by Gasteiger charge is 2.17. The molecule has 20 heavy (non-hydrogen) atoms. The number of nitro benzene ring substituents is 1. The van der Waals surface area contributed by atoms with Gasteiger partial charge in [0.15, 0.2) is 12.4 Å². The molecule has 1 amide bonds.